The molecule has 0 radical (unpaired) electrons. The van der Waals surface area contributed by atoms with E-state index in [1.807, 2.05) is 12.1 Å². The molecule has 3 heteroatoms. The molecule has 88 valence electrons. The van der Waals surface area contributed by atoms with Crippen LogP contribution in [-0.4, -0.2) is 19.6 Å². The van der Waals surface area contributed by atoms with Crippen LogP contribution in [0.25, 0.3) is 0 Å². The smallest absolute Gasteiger partial charge is 0.251 e. The van der Waals surface area contributed by atoms with Crippen LogP contribution < -0.4 is 10.1 Å². The van der Waals surface area contributed by atoms with Crippen LogP contribution in [0.15, 0.2) is 24.3 Å². The maximum absolute atomic E-state index is 11.8. The van der Waals surface area contributed by atoms with Gasteiger partial charge in [0, 0.05) is 12.1 Å². The fourth-order valence-corrected chi connectivity index (χ4v) is 1.21. The molecule has 1 rings (SSSR count). The molecule has 0 saturated carbocycles. The fourth-order valence-electron chi connectivity index (χ4n) is 1.21. The molecule has 0 aromatic heterocycles. The molecular formula is C13H19NO2. The van der Waals surface area contributed by atoms with Crippen LogP contribution in [-0.2, 0) is 0 Å². The van der Waals surface area contributed by atoms with Crippen molar-refractivity contribution >= 4 is 5.91 Å². The quantitative estimate of drug-likeness (QED) is 0.851. The highest BCUT2D eigenvalue weighted by molar-refractivity contribution is 5.94. The van der Waals surface area contributed by atoms with E-state index in [9.17, 15) is 4.79 Å². The minimum atomic E-state index is -0.0613. The Kier molecular flexibility index (Phi) is 3.93. The van der Waals surface area contributed by atoms with Crippen molar-refractivity contribution in [1.82, 2.24) is 5.32 Å². The third kappa shape index (κ3) is 3.93. The Bertz CT molecular complexity index is 366. The van der Waals surface area contributed by atoms with Gasteiger partial charge in [-0.2, -0.15) is 0 Å². The minimum absolute atomic E-state index is 0.0613. The number of nitrogens with one attached hydrogen (secondary N) is 1. The van der Waals surface area contributed by atoms with Gasteiger partial charge < -0.3 is 10.1 Å². The summed E-state index contributed by atoms with van der Waals surface area (Å²) >= 11 is 0. The molecule has 1 N–H and O–H groups in total. The summed E-state index contributed by atoms with van der Waals surface area (Å²) in [5.41, 5.74) is 0.720. The van der Waals surface area contributed by atoms with Gasteiger partial charge in [0.25, 0.3) is 5.91 Å². The number of benzene rings is 1. The zero-order valence-corrected chi connectivity index (χ0v) is 10.3. The van der Waals surface area contributed by atoms with Crippen LogP contribution in [0, 0.1) is 5.41 Å². The second kappa shape index (κ2) is 5.01. The third-order valence-electron chi connectivity index (χ3n) is 2.11. The zero-order chi connectivity index (χ0) is 12.2. The molecular weight excluding hydrogens is 202 g/mol. The van der Waals surface area contributed by atoms with Gasteiger partial charge in [-0.25, -0.2) is 0 Å². The maximum Gasteiger partial charge on any atom is 0.251 e. The standard InChI is InChI=1S/C13H19NO2/c1-13(2,3)9-14-12(15)10-6-5-7-11(8-10)16-4/h5-8H,9H2,1-4H3,(H,14,15). The SMILES string of the molecule is COc1cccc(C(=O)NCC(C)(C)C)c1. The number of methoxy groups -OCH3 is 1. The van der Waals surface area contributed by atoms with Crippen LogP contribution in [0.2, 0.25) is 0 Å². The molecule has 1 aromatic rings. The molecule has 0 bridgehead atoms. The number of carbonyl (C=O) groups excluding carboxylic acids is 1. The molecule has 0 fully saturated rings. The average molecular weight is 221 g/mol. The lowest BCUT2D eigenvalue weighted by Crippen LogP contribution is -2.32. The van der Waals surface area contributed by atoms with E-state index in [2.05, 4.69) is 26.1 Å². The van der Waals surface area contributed by atoms with Crippen molar-refractivity contribution in [1.29, 1.82) is 0 Å². The lowest BCUT2D eigenvalue weighted by atomic mass is 9.97. The topological polar surface area (TPSA) is 38.3 Å². The Morgan fingerprint density at radius 3 is 2.62 bits per heavy atom. The molecule has 0 aliphatic carbocycles. The Morgan fingerprint density at radius 1 is 1.38 bits per heavy atom. The number of rotatable bonds is 3. The third-order valence-corrected chi connectivity index (χ3v) is 2.11. The lowest BCUT2D eigenvalue weighted by molar-refractivity contribution is 0.0939. The Balaban J connectivity index is 2.66. The fraction of sp³-hybridized carbons (Fsp3) is 0.462. The summed E-state index contributed by atoms with van der Waals surface area (Å²) in [5.74, 6) is 0.636. The first kappa shape index (κ1) is 12.6. The summed E-state index contributed by atoms with van der Waals surface area (Å²) < 4.78 is 5.07. The van der Waals surface area contributed by atoms with E-state index in [-0.39, 0.29) is 11.3 Å². The van der Waals surface area contributed by atoms with Crippen LogP contribution in [0.1, 0.15) is 31.1 Å². The van der Waals surface area contributed by atoms with E-state index in [0.717, 1.165) is 0 Å². The normalized spacial score (nSPS) is 11.0. The van der Waals surface area contributed by atoms with Crippen LogP contribution in [0.4, 0.5) is 0 Å². The van der Waals surface area contributed by atoms with Crippen molar-refractivity contribution in [3.05, 3.63) is 29.8 Å². The van der Waals surface area contributed by atoms with Gasteiger partial charge in [0.2, 0.25) is 0 Å². The zero-order valence-electron chi connectivity index (χ0n) is 10.3. The highest BCUT2D eigenvalue weighted by Gasteiger charge is 2.13. The summed E-state index contributed by atoms with van der Waals surface area (Å²) in [6.45, 7) is 6.90. The van der Waals surface area contributed by atoms with Gasteiger partial charge in [0.15, 0.2) is 0 Å². The highest BCUT2D eigenvalue weighted by Crippen LogP contribution is 2.14. The number of amides is 1. The molecule has 0 aliphatic heterocycles. The highest BCUT2D eigenvalue weighted by atomic mass is 16.5. The Morgan fingerprint density at radius 2 is 2.06 bits per heavy atom. The van der Waals surface area contributed by atoms with E-state index in [0.29, 0.717) is 17.9 Å². The van der Waals surface area contributed by atoms with Crippen molar-refractivity contribution < 1.29 is 9.53 Å². The van der Waals surface area contributed by atoms with E-state index in [1.165, 1.54) is 0 Å². The van der Waals surface area contributed by atoms with Crippen molar-refractivity contribution in [2.24, 2.45) is 5.41 Å². The molecule has 0 aliphatic rings. The molecule has 0 spiro atoms. The number of ether oxygens (including phenoxy) is 1. The average Bonchev–Trinajstić information content (AvgIpc) is 2.25. The van der Waals surface area contributed by atoms with Gasteiger partial charge >= 0.3 is 0 Å². The molecule has 0 unspecified atom stereocenters. The van der Waals surface area contributed by atoms with E-state index < -0.39 is 0 Å². The van der Waals surface area contributed by atoms with Crippen molar-refractivity contribution in [2.45, 2.75) is 20.8 Å². The van der Waals surface area contributed by atoms with Crippen LogP contribution in [0.5, 0.6) is 5.75 Å². The lowest BCUT2D eigenvalue weighted by Gasteiger charge is -2.18. The summed E-state index contributed by atoms with van der Waals surface area (Å²) in [4.78, 5) is 11.8. The first-order valence-corrected chi connectivity index (χ1v) is 5.34. The minimum Gasteiger partial charge on any atom is -0.497 e. The predicted molar refractivity (Wildman–Crippen MR) is 64.8 cm³/mol. The van der Waals surface area contributed by atoms with Gasteiger partial charge in [-0.05, 0) is 23.6 Å². The van der Waals surface area contributed by atoms with Gasteiger partial charge in [0.05, 0.1) is 7.11 Å². The Hall–Kier alpha value is -1.51. The van der Waals surface area contributed by atoms with E-state index >= 15 is 0 Å². The van der Waals surface area contributed by atoms with Crippen molar-refractivity contribution in [3.8, 4) is 5.75 Å². The molecule has 16 heavy (non-hydrogen) atoms. The monoisotopic (exact) mass is 221 g/mol. The van der Waals surface area contributed by atoms with Crippen molar-refractivity contribution in [3.63, 3.8) is 0 Å². The molecule has 1 aromatic carbocycles. The largest absolute Gasteiger partial charge is 0.497 e. The van der Waals surface area contributed by atoms with Gasteiger partial charge in [0.1, 0.15) is 5.75 Å². The van der Waals surface area contributed by atoms with Gasteiger partial charge in [-0.1, -0.05) is 26.8 Å². The van der Waals surface area contributed by atoms with E-state index in [4.69, 9.17) is 4.74 Å². The Labute approximate surface area is 96.8 Å². The molecule has 0 saturated heterocycles. The first-order valence-electron chi connectivity index (χ1n) is 5.34. The maximum atomic E-state index is 11.8. The van der Waals surface area contributed by atoms with Gasteiger partial charge in [-0.15, -0.1) is 0 Å². The number of hydrogen-bond acceptors (Lipinski definition) is 2. The molecule has 0 atom stereocenters. The number of hydrogen-bond donors (Lipinski definition) is 1. The van der Waals surface area contributed by atoms with Gasteiger partial charge in [-0.3, -0.25) is 4.79 Å². The summed E-state index contributed by atoms with van der Waals surface area (Å²) in [5, 5.41) is 2.90. The summed E-state index contributed by atoms with van der Waals surface area (Å²) in [6.07, 6.45) is 0. The molecule has 1 amide bonds. The predicted octanol–water partition coefficient (Wildman–Crippen LogP) is 2.47. The molecule has 3 nitrogen and oxygen atoms in total. The molecule has 0 heterocycles. The summed E-state index contributed by atoms with van der Waals surface area (Å²) in [7, 11) is 1.59. The van der Waals surface area contributed by atoms with Crippen LogP contribution >= 0.6 is 0 Å². The van der Waals surface area contributed by atoms with Crippen LogP contribution in [0.3, 0.4) is 0 Å². The summed E-state index contributed by atoms with van der Waals surface area (Å²) in [6, 6.07) is 7.14. The second-order valence-corrected chi connectivity index (χ2v) is 4.98. The van der Waals surface area contributed by atoms with E-state index in [1.54, 1.807) is 19.2 Å². The van der Waals surface area contributed by atoms with Crippen molar-refractivity contribution in [2.75, 3.05) is 13.7 Å². The number of carbonyl (C=O) groups is 1. The second-order valence-electron chi connectivity index (χ2n) is 4.98. The first-order chi connectivity index (χ1) is 7.42.